The van der Waals surface area contributed by atoms with Crippen LogP contribution in [0, 0.1) is 0 Å². The molecule has 1 rings (SSSR count). The quantitative estimate of drug-likeness (QED) is 0.551. The Balaban J connectivity index is 3.53. The lowest BCUT2D eigenvalue weighted by molar-refractivity contribution is -0.139. The molecule has 0 amide bonds. The van der Waals surface area contributed by atoms with Crippen molar-refractivity contribution in [3.05, 3.63) is 26.9 Å². The Morgan fingerprint density at radius 2 is 1.87 bits per heavy atom. The Bertz CT molecular complexity index is 378. The van der Waals surface area contributed by atoms with Crippen LogP contribution in [0.4, 0.5) is 22.0 Å². The minimum absolute atomic E-state index is 0.422. The van der Waals surface area contributed by atoms with Crippen molar-refractivity contribution < 1.29 is 22.0 Å². The fourth-order valence-electron chi connectivity index (χ4n) is 0.961. The van der Waals surface area contributed by atoms with Crippen molar-refractivity contribution in [1.82, 2.24) is 4.98 Å². The molecule has 0 radical (unpaired) electrons. The molecule has 1 aromatic heterocycles. The molecule has 0 aliphatic rings. The second-order valence-corrected chi connectivity index (χ2v) is 3.70. The van der Waals surface area contributed by atoms with E-state index in [4.69, 9.17) is 11.6 Å². The third kappa shape index (κ3) is 2.57. The summed E-state index contributed by atoms with van der Waals surface area (Å²) in [5.74, 6) is 0. The Morgan fingerprint density at radius 1 is 1.33 bits per heavy atom. The van der Waals surface area contributed by atoms with E-state index >= 15 is 0 Å². The highest BCUT2D eigenvalue weighted by atomic mass is 79.9. The molecular weight excluding hydrogens is 308 g/mol. The summed E-state index contributed by atoms with van der Waals surface area (Å²) in [6, 6.07) is 0. The molecule has 8 heteroatoms. The molecule has 0 aromatic carbocycles. The number of halogens is 7. The van der Waals surface area contributed by atoms with Gasteiger partial charge in [0.15, 0.2) is 0 Å². The number of hydrogen-bond donors (Lipinski definition) is 0. The fourth-order valence-corrected chi connectivity index (χ4v) is 1.69. The van der Waals surface area contributed by atoms with Gasteiger partial charge in [0.2, 0.25) is 0 Å². The highest BCUT2D eigenvalue weighted by Gasteiger charge is 2.40. The van der Waals surface area contributed by atoms with Gasteiger partial charge in [-0.25, -0.2) is 13.8 Å². The van der Waals surface area contributed by atoms with Crippen LogP contribution in [0.15, 0.2) is 10.7 Å². The lowest BCUT2D eigenvalue weighted by Crippen LogP contribution is -2.12. The van der Waals surface area contributed by atoms with E-state index in [1.165, 1.54) is 0 Å². The fraction of sp³-hybridized carbons (Fsp3) is 0.286. The molecule has 15 heavy (non-hydrogen) atoms. The maximum atomic E-state index is 12.4. The van der Waals surface area contributed by atoms with Crippen LogP contribution < -0.4 is 0 Å². The molecular formula is C7H2BrClF5N. The van der Waals surface area contributed by atoms with Crippen molar-refractivity contribution in [1.29, 1.82) is 0 Å². The van der Waals surface area contributed by atoms with Gasteiger partial charge in [-0.05, 0) is 15.9 Å². The van der Waals surface area contributed by atoms with E-state index in [-0.39, 0.29) is 0 Å². The maximum absolute atomic E-state index is 12.4. The van der Waals surface area contributed by atoms with Crippen molar-refractivity contribution >= 4 is 27.5 Å². The lowest BCUT2D eigenvalue weighted by Gasteiger charge is -2.14. The van der Waals surface area contributed by atoms with Crippen molar-refractivity contribution in [2.45, 2.75) is 12.6 Å². The molecule has 0 spiro atoms. The van der Waals surface area contributed by atoms with Gasteiger partial charge in [-0.3, -0.25) is 0 Å². The van der Waals surface area contributed by atoms with E-state index < -0.39 is 33.4 Å². The van der Waals surface area contributed by atoms with E-state index in [0.29, 0.717) is 0 Å². The minimum Gasteiger partial charge on any atom is -0.243 e. The smallest absolute Gasteiger partial charge is 0.243 e. The Labute approximate surface area is 94.4 Å². The van der Waals surface area contributed by atoms with Crippen molar-refractivity contribution in [3.63, 3.8) is 0 Å². The van der Waals surface area contributed by atoms with Gasteiger partial charge >= 0.3 is 6.18 Å². The molecule has 84 valence electrons. The van der Waals surface area contributed by atoms with Crippen LogP contribution in [0.2, 0.25) is 5.15 Å². The SMILES string of the molecule is FC(F)c1c(Br)cnc(Cl)c1C(F)(F)F. The van der Waals surface area contributed by atoms with Crippen LogP contribution in [0.5, 0.6) is 0 Å². The highest BCUT2D eigenvalue weighted by molar-refractivity contribution is 9.10. The zero-order valence-corrected chi connectivity index (χ0v) is 9.09. The standard InChI is InChI=1S/C7H2BrClF5N/c8-2-1-15-5(9)4(7(12,13)14)3(2)6(10)11/h1,6H. The van der Waals surface area contributed by atoms with Gasteiger partial charge in [0, 0.05) is 16.2 Å². The number of pyridine rings is 1. The van der Waals surface area contributed by atoms with Gasteiger partial charge in [0.25, 0.3) is 6.43 Å². The van der Waals surface area contributed by atoms with Crippen LogP contribution >= 0.6 is 27.5 Å². The zero-order valence-electron chi connectivity index (χ0n) is 6.75. The summed E-state index contributed by atoms with van der Waals surface area (Å²) in [5.41, 5.74) is -2.80. The van der Waals surface area contributed by atoms with E-state index in [1.807, 2.05) is 0 Å². The van der Waals surface area contributed by atoms with Crippen molar-refractivity contribution in [3.8, 4) is 0 Å². The summed E-state index contributed by atoms with van der Waals surface area (Å²) < 4.78 is 61.5. The third-order valence-electron chi connectivity index (χ3n) is 1.53. The predicted molar refractivity (Wildman–Crippen MR) is 46.9 cm³/mol. The summed E-state index contributed by atoms with van der Waals surface area (Å²) >= 11 is 7.72. The van der Waals surface area contributed by atoms with E-state index in [0.717, 1.165) is 6.20 Å². The molecule has 1 aromatic rings. The summed E-state index contributed by atoms with van der Waals surface area (Å²) in [4.78, 5) is 3.15. The van der Waals surface area contributed by atoms with Crippen LogP contribution in [0.25, 0.3) is 0 Å². The summed E-state index contributed by atoms with van der Waals surface area (Å²) in [5, 5.41) is -0.985. The maximum Gasteiger partial charge on any atom is 0.419 e. The van der Waals surface area contributed by atoms with E-state index in [2.05, 4.69) is 20.9 Å². The molecule has 0 aliphatic carbocycles. The van der Waals surface area contributed by atoms with Crippen molar-refractivity contribution in [2.75, 3.05) is 0 Å². The first kappa shape index (κ1) is 12.6. The van der Waals surface area contributed by atoms with Crippen molar-refractivity contribution in [2.24, 2.45) is 0 Å². The molecule has 0 N–H and O–H groups in total. The summed E-state index contributed by atoms with van der Waals surface area (Å²) in [6.45, 7) is 0. The van der Waals surface area contributed by atoms with Gasteiger partial charge in [-0.1, -0.05) is 11.6 Å². The van der Waals surface area contributed by atoms with Crippen LogP contribution in [0.1, 0.15) is 17.6 Å². The van der Waals surface area contributed by atoms with Crippen LogP contribution in [0.3, 0.4) is 0 Å². The summed E-state index contributed by atoms with van der Waals surface area (Å²) in [6.07, 6.45) is -7.44. The molecule has 0 atom stereocenters. The largest absolute Gasteiger partial charge is 0.419 e. The normalized spacial score (nSPS) is 12.3. The van der Waals surface area contributed by atoms with Gasteiger partial charge in [0.05, 0.1) is 0 Å². The van der Waals surface area contributed by atoms with E-state index in [9.17, 15) is 22.0 Å². The average Bonchev–Trinajstić information content (AvgIpc) is 2.05. The monoisotopic (exact) mass is 309 g/mol. The van der Waals surface area contributed by atoms with Gasteiger partial charge < -0.3 is 0 Å². The molecule has 0 bridgehead atoms. The molecule has 0 aliphatic heterocycles. The second kappa shape index (κ2) is 4.21. The molecule has 1 heterocycles. The Kier molecular flexibility index (Phi) is 3.55. The number of aromatic nitrogens is 1. The topological polar surface area (TPSA) is 12.9 Å². The number of rotatable bonds is 1. The molecule has 1 nitrogen and oxygen atoms in total. The highest BCUT2D eigenvalue weighted by Crippen LogP contribution is 2.42. The first-order valence-electron chi connectivity index (χ1n) is 3.44. The minimum atomic E-state index is -4.96. The first-order chi connectivity index (χ1) is 6.75. The van der Waals surface area contributed by atoms with Gasteiger partial charge in [-0.15, -0.1) is 0 Å². The van der Waals surface area contributed by atoms with E-state index in [1.54, 1.807) is 0 Å². The lowest BCUT2D eigenvalue weighted by atomic mass is 10.1. The Hall–Kier alpha value is -0.430. The molecule has 0 saturated heterocycles. The van der Waals surface area contributed by atoms with Gasteiger partial charge in [-0.2, -0.15) is 13.2 Å². The Morgan fingerprint density at radius 3 is 2.20 bits per heavy atom. The second-order valence-electron chi connectivity index (χ2n) is 2.48. The average molecular weight is 310 g/mol. The zero-order chi connectivity index (χ0) is 11.8. The van der Waals surface area contributed by atoms with Crippen LogP contribution in [-0.2, 0) is 6.18 Å². The number of hydrogen-bond acceptors (Lipinski definition) is 1. The number of alkyl halides is 5. The summed E-state index contributed by atoms with van der Waals surface area (Å²) in [7, 11) is 0. The molecule has 0 unspecified atom stereocenters. The molecule has 0 saturated carbocycles. The van der Waals surface area contributed by atoms with Gasteiger partial charge in [0.1, 0.15) is 10.7 Å². The van der Waals surface area contributed by atoms with Crippen LogP contribution in [-0.4, -0.2) is 4.98 Å². The number of nitrogens with zero attached hydrogens (tertiary/aromatic N) is 1. The first-order valence-corrected chi connectivity index (χ1v) is 4.61. The third-order valence-corrected chi connectivity index (χ3v) is 2.44. The molecule has 0 fully saturated rings. The predicted octanol–water partition coefficient (Wildman–Crippen LogP) is 4.45.